The van der Waals surface area contributed by atoms with Crippen LogP contribution in [0.15, 0.2) is 22.7 Å². The van der Waals surface area contributed by atoms with Crippen LogP contribution in [-0.4, -0.2) is 40.8 Å². The molecule has 1 aromatic heterocycles. The summed E-state index contributed by atoms with van der Waals surface area (Å²) in [7, 11) is 3.95. The number of halogens is 1. The first-order valence-corrected chi connectivity index (χ1v) is 5.90. The number of hydrogen-bond donors (Lipinski definition) is 1. The van der Waals surface area contributed by atoms with Gasteiger partial charge in [0, 0.05) is 18.0 Å². The second-order valence-corrected chi connectivity index (χ2v) is 4.67. The quantitative estimate of drug-likeness (QED) is 0.920. The lowest BCUT2D eigenvalue weighted by Gasteiger charge is -2.05. The van der Waals surface area contributed by atoms with E-state index in [1.54, 1.807) is 12.1 Å². The molecule has 0 aliphatic rings. The third-order valence-corrected chi connectivity index (χ3v) is 2.67. The predicted molar refractivity (Wildman–Crippen MR) is 68.7 cm³/mol. The van der Waals surface area contributed by atoms with E-state index >= 15 is 0 Å². The van der Waals surface area contributed by atoms with Crippen molar-refractivity contribution in [2.24, 2.45) is 0 Å². The SMILES string of the molecule is CN(C)CCc1noc(-c2cc(Cl)ccc2O)n1. The summed E-state index contributed by atoms with van der Waals surface area (Å²) in [5.41, 5.74) is 0.450. The number of aromatic hydroxyl groups is 1. The van der Waals surface area contributed by atoms with E-state index in [1.807, 2.05) is 19.0 Å². The molecule has 0 saturated carbocycles. The first-order chi connectivity index (χ1) is 8.56. The molecule has 1 heterocycles. The van der Waals surface area contributed by atoms with Crippen molar-refractivity contribution in [1.82, 2.24) is 15.0 Å². The van der Waals surface area contributed by atoms with Crippen molar-refractivity contribution >= 4 is 11.6 Å². The van der Waals surface area contributed by atoms with Crippen molar-refractivity contribution in [3.8, 4) is 17.2 Å². The highest BCUT2D eigenvalue weighted by molar-refractivity contribution is 6.30. The van der Waals surface area contributed by atoms with Gasteiger partial charge in [-0.05, 0) is 32.3 Å². The fraction of sp³-hybridized carbons (Fsp3) is 0.333. The van der Waals surface area contributed by atoms with Gasteiger partial charge in [0.1, 0.15) is 5.75 Å². The average molecular weight is 268 g/mol. The number of hydrogen-bond acceptors (Lipinski definition) is 5. The molecule has 0 unspecified atom stereocenters. The second-order valence-electron chi connectivity index (χ2n) is 4.23. The molecule has 0 aliphatic heterocycles. The number of aromatic nitrogens is 2. The summed E-state index contributed by atoms with van der Waals surface area (Å²) >= 11 is 5.87. The Morgan fingerprint density at radius 3 is 2.89 bits per heavy atom. The predicted octanol–water partition coefficient (Wildman–Crippen LogP) is 2.20. The topological polar surface area (TPSA) is 62.4 Å². The molecular formula is C12H14ClN3O2. The fourth-order valence-corrected chi connectivity index (χ4v) is 1.64. The standard InChI is InChI=1S/C12H14ClN3O2/c1-16(2)6-5-11-14-12(18-15-11)9-7-8(13)3-4-10(9)17/h3-4,7,17H,5-6H2,1-2H3. The average Bonchev–Trinajstić information content (AvgIpc) is 2.78. The number of phenolic OH excluding ortho intramolecular Hbond substituents is 1. The highest BCUT2D eigenvalue weighted by atomic mass is 35.5. The van der Waals surface area contributed by atoms with Gasteiger partial charge in [0.25, 0.3) is 5.89 Å². The fourth-order valence-electron chi connectivity index (χ4n) is 1.47. The Bertz CT molecular complexity index is 540. The van der Waals surface area contributed by atoms with E-state index in [9.17, 15) is 5.11 Å². The molecular weight excluding hydrogens is 254 g/mol. The zero-order valence-electron chi connectivity index (χ0n) is 10.2. The van der Waals surface area contributed by atoms with Crippen LogP contribution in [0.5, 0.6) is 5.75 Å². The van der Waals surface area contributed by atoms with Crippen molar-refractivity contribution in [2.45, 2.75) is 6.42 Å². The molecule has 96 valence electrons. The Balaban J connectivity index is 2.21. The van der Waals surface area contributed by atoms with Crippen LogP contribution in [0.2, 0.25) is 5.02 Å². The van der Waals surface area contributed by atoms with Crippen LogP contribution in [0, 0.1) is 0 Å². The molecule has 0 radical (unpaired) electrons. The maximum atomic E-state index is 9.72. The van der Waals surface area contributed by atoms with E-state index in [1.165, 1.54) is 6.07 Å². The number of nitrogens with zero attached hydrogens (tertiary/aromatic N) is 3. The molecule has 0 bridgehead atoms. The minimum atomic E-state index is 0.0715. The molecule has 1 aromatic carbocycles. The van der Waals surface area contributed by atoms with E-state index in [4.69, 9.17) is 16.1 Å². The van der Waals surface area contributed by atoms with Gasteiger partial charge in [0.15, 0.2) is 5.82 Å². The van der Waals surface area contributed by atoms with Crippen molar-refractivity contribution in [1.29, 1.82) is 0 Å². The highest BCUT2D eigenvalue weighted by Crippen LogP contribution is 2.30. The Labute approximate surface area is 110 Å². The summed E-state index contributed by atoms with van der Waals surface area (Å²) in [6.45, 7) is 0.834. The third-order valence-electron chi connectivity index (χ3n) is 2.44. The number of rotatable bonds is 4. The monoisotopic (exact) mass is 267 g/mol. The van der Waals surface area contributed by atoms with E-state index in [2.05, 4.69) is 10.1 Å². The summed E-state index contributed by atoms with van der Waals surface area (Å²) in [6, 6.07) is 4.70. The molecule has 2 aromatic rings. The number of benzene rings is 1. The van der Waals surface area contributed by atoms with Gasteiger partial charge in [0.2, 0.25) is 0 Å². The summed E-state index contributed by atoms with van der Waals surface area (Å²) in [4.78, 5) is 6.27. The molecule has 0 aliphatic carbocycles. The minimum Gasteiger partial charge on any atom is -0.507 e. The Morgan fingerprint density at radius 2 is 2.17 bits per heavy atom. The summed E-state index contributed by atoms with van der Waals surface area (Å²) < 4.78 is 5.12. The van der Waals surface area contributed by atoms with Gasteiger partial charge < -0.3 is 14.5 Å². The lowest BCUT2D eigenvalue weighted by Crippen LogP contribution is -2.15. The molecule has 5 nitrogen and oxygen atoms in total. The zero-order valence-corrected chi connectivity index (χ0v) is 11.0. The van der Waals surface area contributed by atoms with Crippen LogP contribution in [0.1, 0.15) is 5.82 Å². The van der Waals surface area contributed by atoms with Gasteiger partial charge >= 0.3 is 0 Å². The number of phenols is 1. The van der Waals surface area contributed by atoms with Gasteiger partial charge in [0.05, 0.1) is 5.56 Å². The van der Waals surface area contributed by atoms with Crippen molar-refractivity contribution in [3.05, 3.63) is 29.0 Å². The first kappa shape index (κ1) is 12.9. The molecule has 0 saturated heterocycles. The van der Waals surface area contributed by atoms with E-state index < -0.39 is 0 Å². The lowest BCUT2D eigenvalue weighted by molar-refractivity contribution is 0.391. The summed E-state index contributed by atoms with van der Waals surface area (Å²) in [6.07, 6.45) is 0.692. The van der Waals surface area contributed by atoms with Gasteiger partial charge in [-0.15, -0.1) is 0 Å². The van der Waals surface area contributed by atoms with Crippen LogP contribution in [0.25, 0.3) is 11.5 Å². The first-order valence-electron chi connectivity index (χ1n) is 5.52. The van der Waals surface area contributed by atoms with Crippen LogP contribution < -0.4 is 0 Å². The normalized spacial score (nSPS) is 11.1. The number of likely N-dealkylation sites (N-methyl/N-ethyl adjacent to an activating group) is 1. The van der Waals surface area contributed by atoms with Gasteiger partial charge in [-0.3, -0.25) is 0 Å². The van der Waals surface area contributed by atoms with Crippen LogP contribution in [0.4, 0.5) is 0 Å². The lowest BCUT2D eigenvalue weighted by atomic mass is 10.2. The highest BCUT2D eigenvalue weighted by Gasteiger charge is 2.13. The molecule has 0 fully saturated rings. The molecule has 18 heavy (non-hydrogen) atoms. The van der Waals surface area contributed by atoms with E-state index in [0.29, 0.717) is 22.8 Å². The summed E-state index contributed by atoms with van der Waals surface area (Å²) in [5.74, 6) is 0.962. The van der Waals surface area contributed by atoms with Gasteiger partial charge in [-0.2, -0.15) is 4.98 Å². The molecule has 2 rings (SSSR count). The van der Waals surface area contributed by atoms with Crippen molar-refractivity contribution in [3.63, 3.8) is 0 Å². The maximum absolute atomic E-state index is 9.72. The maximum Gasteiger partial charge on any atom is 0.261 e. The second kappa shape index (κ2) is 5.37. The smallest absolute Gasteiger partial charge is 0.261 e. The van der Waals surface area contributed by atoms with Crippen LogP contribution in [0.3, 0.4) is 0 Å². The van der Waals surface area contributed by atoms with Crippen LogP contribution in [-0.2, 0) is 6.42 Å². The third kappa shape index (κ3) is 3.00. The Morgan fingerprint density at radius 1 is 1.39 bits per heavy atom. The Kier molecular flexibility index (Phi) is 3.84. The van der Waals surface area contributed by atoms with Gasteiger partial charge in [-0.25, -0.2) is 0 Å². The molecule has 0 spiro atoms. The zero-order chi connectivity index (χ0) is 13.1. The van der Waals surface area contributed by atoms with Gasteiger partial charge in [-0.1, -0.05) is 16.8 Å². The largest absolute Gasteiger partial charge is 0.507 e. The molecule has 6 heteroatoms. The molecule has 0 atom stereocenters. The summed E-state index contributed by atoms with van der Waals surface area (Å²) in [5, 5.41) is 14.1. The van der Waals surface area contributed by atoms with Crippen LogP contribution >= 0.6 is 11.6 Å². The van der Waals surface area contributed by atoms with E-state index in [-0.39, 0.29) is 11.6 Å². The van der Waals surface area contributed by atoms with Crippen molar-refractivity contribution < 1.29 is 9.63 Å². The minimum absolute atomic E-state index is 0.0715. The molecule has 1 N–H and O–H groups in total. The Hall–Kier alpha value is -1.59. The van der Waals surface area contributed by atoms with E-state index in [0.717, 1.165) is 6.54 Å². The molecule has 0 amide bonds. The van der Waals surface area contributed by atoms with Crippen molar-refractivity contribution in [2.75, 3.05) is 20.6 Å².